The molecule has 7 unspecified atom stereocenters. The maximum absolute atomic E-state index is 13.0. The molecule has 6 N–H and O–H groups in total. The number of allylic oxidation sites excluding steroid dienone is 7. The van der Waals surface area contributed by atoms with Gasteiger partial charge in [0, 0.05) is 12.8 Å². The topological polar surface area (TPSA) is 175 Å². The van der Waals surface area contributed by atoms with Gasteiger partial charge in [-0.15, -0.1) is 0 Å². The summed E-state index contributed by atoms with van der Waals surface area (Å²) in [6.45, 7) is 4.22. The number of aliphatic hydroxyl groups is 5. The molecular weight excluding hydrogens is 1030 g/mol. The van der Waals surface area contributed by atoms with E-state index in [4.69, 9.17) is 14.2 Å². The minimum Gasteiger partial charge on any atom is -0.466 e. The van der Waals surface area contributed by atoms with E-state index in [9.17, 15) is 35.1 Å². The molecule has 1 heterocycles. The van der Waals surface area contributed by atoms with Crippen LogP contribution < -0.4 is 5.32 Å². The molecule has 1 aliphatic rings. The van der Waals surface area contributed by atoms with E-state index in [1.54, 1.807) is 6.08 Å². The SMILES string of the molecule is CC/C=C/CC/C=C/CC/C=C/C(O)C(COC1OC(CO)C(O)C(O)C1O)NC(=O)CCCCCCCCCCCCCCCCCCC/C=C\CCCCCCCCCCCCCCOC(=O)CCCCCCCCCCCCC. The van der Waals surface area contributed by atoms with Crippen molar-refractivity contribution in [3.63, 3.8) is 0 Å². The first-order valence-corrected chi connectivity index (χ1v) is 34.9. The molecular formula is C71H131NO10. The van der Waals surface area contributed by atoms with Crippen LogP contribution in [0.5, 0.6) is 0 Å². The number of amides is 1. The normalized spacial score (nSPS) is 18.5. The number of carbonyl (C=O) groups excluding carboxylic acids is 2. The van der Waals surface area contributed by atoms with Gasteiger partial charge in [-0.05, 0) is 77.0 Å². The van der Waals surface area contributed by atoms with Crippen molar-refractivity contribution < 1.29 is 49.3 Å². The Balaban J connectivity index is 1.93. The number of ether oxygens (including phenoxy) is 3. The molecule has 0 aromatic carbocycles. The lowest BCUT2D eigenvalue weighted by molar-refractivity contribution is -0.302. The molecule has 0 saturated carbocycles. The van der Waals surface area contributed by atoms with E-state index < -0.39 is 49.5 Å². The van der Waals surface area contributed by atoms with Gasteiger partial charge in [-0.3, -0.25) is 9.59 Å². The van der Waals surface area contributed by atoms with Crippen molar-refractivity contribution in [2.24, 2.45) is 0 Å². The van der Waals surface area contributed by atoms with Crippen molar-refractivity contribution in [3.8, 4) is 0 Å². The molecule has 1 amide bonds. The van der Waals surface area contributed by atoms with Gasteiger partial charge in [-0.2, -0.15) is 0 Å². The van der Waals surface area contributed by atoms with Gasteiger partial charge >= 0.3 is 5.97 Å². The molecule has 0 aromatic heterocycles. The van der Waals surface area contributed by atoms with E-state index in [2.05, 4.69) is 55.6 Å². The average molecular weight is 1160 g/mol. The van der Waals surface area contributed by atoms with E-state index in [0.29, 0.717) is 19.4 Å². The number of unbranched alkanes of at least 4 members (excludes halogenated alkanes) is 41. The zero-order valence-electron chi connectivity index (χ0n) is 53.2. The molecule has 7 atom stereocenters. The van der Waals surface area contributed by atoms with Crippen LogP contribution in [0.2, 0.25) is 0 Å². The molecule has 0 spiro atoms. The molecule has 82 heavy (non-hydrogen) atoms. The number of nitrogens with one attached hydrogen (secondary N) is 1. The summed E-state index contributed by atoms with van der Waals surface area (Å²) in [5.41, 5.74) is 0. The Morgan fingerprint density at radius 2 is 0.829 bits per heavy atom. The summed E-state index contributed by atoms with van der Waals surface area (Å²) in [6.07, 6.45) is 68.5. The fourth-order valence-corrected chi connectivity index (χ4v) is 10.9. The van der Waals surface area contributed by atoms with Crippen LogP contribution in [0.15, 0.2) is 48.6 Å². The highest BCUT2D eigenvalue weighted by Gasteiger charge is 2.44. The molecule has 480 valence electrons. The predicted molar refractivity (Wildman–Crippen MR) is 343 cm³/mol. The first-order chi connectivity index (χ1) is 40.2. The summed E-state index contributed by atoms with van der Waals surface area (Å²) in [5, 5.41) is 54.3. The summed E-state index contributed by atoms with van der Waals surface area (Å²) >= 11 is 0. The lowest BCUT2D eigenvalue weighted by Crippen LogP contribution is -2.60. The third-order valence-electron chi connectivity index (χ3n) is 16.4. The Morgan fingerprint density at radius 3 is 1.27 bits per heavy atom. The molecule has 1 aliphatic heterocycles. The van der Waals surface area contributed by atoms with Crippen molar-refractivity contribution in [2.75, 3.05) is 19.8 Å². The average Bonchev–Trinajstić information content (AvgIpc) is 3.56. The Morgan fingerprint density at radius 1 is 0.451 bits per heavy atom. The number of hydrogen-bond donors (Lipinski definition) is 6. The third kappa shape index (κ3) is 48.8. The van der Waals surface area contributed by atoms with E-state index in [1.807, 2.05) is 6.08 Å². The van der Waals surface area contributed by atoms with Crippen LogP contribution in [0.25, 0.3) is 0 Å². The first-order valence-electron chi connectivity index (χ1n) is 34.9. The zero-order valence-corrected chi connectivity index (χ0v) is 53.2. The third-order valence-corrected chi connectivity index (χ3v) is 16.4. The van der Waals surface area contributed by atoms with E-state index in [-0.39, 0.29) is 18.5 Å². The molecule has 11 nitrogen and oxygen atoms in total. The number of rotatable bonds is 61. The highest BCUT2D eigenvalue weighted by molar-refractivity contribution is 5.76. The van der Waals surface area contributed by atoms with Gasteiger partial charge in [0.05, 0.1) is 32.0 Å². The summed E-state index contributed by atoms with van der Waals surface area (Å²) in [5.74, 6) is -0.184. The molecule has 0 aliphatic carbocycles. The number of aliphatic hydroxyl groups excluding tert-OH is 5. The van der Waals surface area contributed by atoms with Crippen molar-refractivity contribution in [1.29, 1.82) is 0 Å². The van der Waals surface area contributed by atoms with Crippen LogP contribution in [0.1, 0.15) is 328 Å². The lowest BCUT2D eigenvalue weighted by atomic mass is 9.99. The molecule has 1 rings (SSSR count). The van der Waals surface area contributed by atoms with Crippen LogP contribution in [0.3, 0.4) is 0 Å². The Kier molecular flexibility index (Phi) is 57.1. The standard InChI is InChI=1S/C71H131NO10/c1-3-5-7-9-11-13-38-43-47-51-55-59-67(76)80-60-56-52-48-44-40-37-35-33-31-29-27-25-23-21-19-17-15-16-18-20-22-24-26-28-30-32-34-36-39-42-46-50-54-58-66(75)72-63(62-81-71-70(79)69(78)68(77)65(61-73)82-71)64(74)57-53-49-45-41-14-12-10-8-6-4-2/h6,8,14,19,21,41,53,57,63-65,68-71,73-74,77-79H,3-5,7,9-13,15-18,20,22-40,42-52,54-56,58-62H2,1-2H3,(H,72,75)/b8-6+,21-19-,41-14+,57-53+. The van der Waals surface area contributed by atoms with Gasteiger partial charge in [-0.25, -0.2) is 0 Å². The second-order valence-electron chi connectivity index (χ2n) is 24.2. The van der Waals surface area contributed by atoms with Crippen LogP contribution in [0, 0.1) is 0 Å². The second kappa shape index (κ2) is 60.3. The maximum atomic E-state index is 13.0. The number of carbonyl (C=O) groups is 2. The molecule has 11 heteroatoms. The zero-order chi connectivity index (χ0) is 59.5. The minimum atomic E-state index is -1.58. The lowest BCUT2D eigenvalue weighted by Gasteiger charge is -2.40. The van der Waals surface area contributed by atoms with E-state index in [0.717, 1.165) is 64.2 Å². The van der Waals surface area contributed by atoms with Gasteiger partial charge in [0.15, 0.2) is 6.29 Å². The van der Waals surface area contributed by atoms with Crippen molar-refractivity contribution >= 4 is 11.9 Å². The minimum absolute atomic E-state index is 0.0107. The van der Waals surface area contributed by atoms with Crippen molar-refractivity contribution in [2.45, 2.75) is 371 Å². The highest BCUT2D eigenvalue weighted by atomic mass is 16.7. The Labute approximate surface area is 504 Å². The fraction of sp³-hybridized carbons (Fsp3) is 0.859. The maximum Gasteiger partial charge on any atom is 0.305 e. The van der Waals surface area contributed by atoms with E-state index >= 15 is 0 Å². The Hall–Kier alpha value is -2.38. The molecule has 1 saturated heterocycles. The molecule has 1 fully saturated rings. The van der Waals surface area contributed by atoms with Crippen LogP contribution in [-0.4, -0.2) is 100 Å². The van der Waals surface area contributed by atoms with Crippen LogP contribution >= 0.6 is 0 Å². The summed E-state index contributed by atoms with van der Waals surface area (Å²) in [6, 6.07) is -0.832. The second-order valence-corrected chi connectivity index (χ2v) is 24.2. The van der Waals surface area contributed by atoms with Gasteiger partial charge in [0.1, 0.15) is 24.4 Å². The first kappa shape index (κ1) is 77.6. The molecule has 0 radical (unpaired) electrons. The van der Waals surface area contributed by atoms with Gasteiger partial charge < -0.3 is 45.1 Å². The summed E-state index contributed by atoms with van der Waals surface area (Å²) in [4.78, 5) is 25.0. The Bertz CT molecular complexity index is 1500. The number of esters is 1. The molecule has 0 bridgehead atoms. The van der Waals surface area contributed by atoms with Gasteiger partial charge in [-0.1, -0.05) is 287 Å². The van der Waals surface area contributed by atoms with E-state index in [1.165, 1.54) is 238 Å². The van der Waals surface area contributed by atoms with Gasteiger partial charge in [0.2, 0.25) is 5.91 Å². The molecule has 0 aromatic rings. The quantitative estimate of drug-likeness (QED) is 0.0195. The summed E-state index contributed by atoms with van der Waals surface area (Å²) < 4.78 is 16.7. The monoisotopic (exact) mass is 1160 g/mol. The smallest absolute Gasteiger partial charge is 0.305 e. The number of hydrogen-bond acceptors (Lipinski definition) is 10. The fourth-order valence-electron chi connectivity index (χ4n) is 10.9. The highest BCUT2D eigenvalue weighted by Crippen LogP contribution is 2.23. The van der Waals surface area contributed by atoms with Crippen molar-refractivity contribution in [3.05, 3.63) is 48.6 Å². The van der Waals surface area contributed by atoms with Gasteiger partial charge in [0.25, 0.3) is 0 Å². The summed E-state index contributed by atoms with van der Waals surface area (Å²) in [7, 11) is 0. The van der Waals surface area contributed by atoms with Crippen molar-refractivity contribution in [1.82, 2.24) is 5.32 Å². The van der Waals surface area contributed by atoms with Crippen LogP contribution in [-0.2, 0) is 23.8 Å². The predicted octanol–water partition coefficient (Wildman–Crippen LogP) is 17.6. The largest absolute Gasteiger partial charge is 0.466 e. The van der Waals surface area contributed by atoms with Crippen LogP contribution in [0.4, 0.5) is 0 Å².